The van der Waals surface area contributed by atoms with Crippen molar-refractivity contribution >= 4 is 12.0 Å². The van der Waals surface area contributed by atoms with Crippen molar-refractivity contribution in [1.82, 2.24) is 15.5 Å². The van der Waals surface area contributed by atoms with Crippen molar-refractivity contribution in [1.29, 1.82) is 0 Å². The van der Waals surface area contributed by atoms with Crippen molar-refractivity contribution in [2.45, 2.75) is 58.2 Å². The summed E-state index contributed by atoms with van der Waals surface area (Å²) >= 11 is 0. The van der Waals surface area contributed by atoms with E-state index in [9.17, 15) is 9.59 Å². The molecule has 2 saturated heterocycles. The molecule has 0 unspecified atom stereocenters. The van der Waals surface area contributed by atoms with E-state index in [1.54, 1.807) is 0 Å². The van der Waals surface area contributed by atoms with Gasteiger partial charge in [-0.15, -0.1) is 0 Å². The second-order valence-electron chi connectivity index (χ2n) is 7.17. The maximum absolute atomic E-state index is 12.1. The van der Waals surface area contributed by atoms with E-state index >= 15 is 0 Å². The van der Waals surface area contributed by atoms with Crippen molar-refractivity contribution in [3.8, 4) is 0 Å². The Morgan fingerprint density at radius 1 is 1.38 bits per heavy atom. The lowest BCUT2D eigenvalue weighted by Crippen LogP contribution is -2.56. The zero-order valence-corrected chi connectivity index (χ0v) is 13.4. The van der Waals surface area contributed by atoms with Crippen LogP contribution in [0, 0.1) is 5.92 Å². The number of amides is 2. The highest BCUT2D eigenvalue weighted by atomic mass is 16.6. The second-order valence-corrected chi connectivity index (χ2v) is 7.17. The Morgan fingerprint density at radius 3 is 2.76 bits per heavy atom. The molecule has 2 amide bonds. The first-order chi connectivity index (χ1) is 9.76. The van der Waals surface area contributed by atoms with Crippen molar-refractivity contribution in [3.63, 3.8) is 0 Å². The van der Waals surface area contributed by atoms with Crippen LogP contribution in [0.1, 0.15) is 40.5 Å². The van der Waals surface area contributed by atoms with Crippen LogP contribution in [0.15, 0.2) is 0 Å². The van der Waals surface area contributed by atoms with E-state index in [1.807, 2.05) is 25.7 Å². The van der Waals surface area contributed by atoms with Crippen molar-refractivity contribution in [3.05, 3.63) is 0 Å². The molecule has 2 fully saturated rings. The van der Waals surface area contributed by atoms with Gasteiger partial charge in [-0.1, -0.05) is 6.92 Å². The van der Waals surface area contributed by atoms with Gasteiger partial charge < -0.3 is 20.3 Å². The molecular formula is C15H27N3O3. The third-order valence-corrected chi connectivity index (χ3v) is 3.96. The van der Waals surface area contributed by atoms with E-state index in [0.29, 0.717) is 18.9 Å². The summed E-state index contributed by atoms with van der Waals surface area (Å²) in [6.07, 6.45) is 1.15. The molecule has 2 heterocycles. The third-order valence-electron chi connectivity index (χ3n) is 3.96. The molecule has 0 aromatic carbocycles. The molecule has 0 aromatic rings. The molecule has 6 heteroatoms. The molecule has 2 aliphatic heterocycles. The van der Waals surface area contributed by atoms with Crippen LogP contribution in [-0.4, -0.2) is 54.2 Å². The van der Waals surface area contributed by atoms with Gasteiger partial charge in [-0.25, -0.2) is 4.79 Å². The predicted molar refractivity (Wildman–Crippen MR) is 79.9 cm³/mol. The number of likely N-dealkylation sites (tertiary alicyclic amines) is 1. The Balaban J connectivity index is 1.96. The lowest BCUT2D eigenvalue weighted by atomic mass is 9.97. The Labute approximate surface area is 126 Å². The lowest BCUT2D eigenvalue weighted by molar-refractivity contribution is -0.137. The molecule has 120 valence electrons. The summed E-state index contributed by atoms with van der Waals surface area (Å²) < 4.78 is 5.30. The summed E-state index contributed by atoms with van der Waals surface area (Å²) in [5.74, 6) is 0.711. The van der Waals surface area contributed by atoms with E-state index in [-0.39, 0.29) is 18.0 Å². The number of carbonyl (C=O) groups excluding carboxylic acids is 2. The number of nitrogens with one attached hydrogen (secondary N) is 2. The fraction of sp³-hybridized carbons (Fsp3) is 0.867. The Kier molecular flexibility index (Phi) is 4.76. The number of hydrogen-bond acceptors (Lipinski definition) is 4. The summed E-state index contributed by atoms with van der Waals surface area (Å²) in [7, 11) is 0. The molecule has 0 aromatic heterocycles. The van der Waals surface area contributed by atoms with Crippen LogP contribution < -0.4 is 10.6 Å². The van der Waals surface area contributed by atoms with E-state index in [4.69, 9.17) is 4.74 Å². The van der Waals surface area contributed by atoms with Crippen LogP contribution in [0.5, 0.6) is 0 Å². The highest BCUT2D eigenvalue weighted by Crippen LogP contribution is 2.22. The Bertz CT molecular complexity index is 405. The molecule has 21 heavy (non-hydrogen) atoms. The molecule has 0 aliphatic carbocycles. The molecule has 2 rings (SSSR count). The fourth-order valence-corrected chi connectivity index (χ4v) is 2.96. The van der Waals surface area contributed by atoms with Gasteiger partial charge in [-0.2, -0.15) is 0 Å². The first-order valence-electron chi connectivity index (χ1n) is 7.76. The quantitative estimate of drug-likeness (QED) is 0.801. The van der Waals surface area contributed by atoms with Crippen molar-refractivity contribution < 1.29 is 14.3 Å². The van der Waals surface area contributed by atoms with Crippen LogP contribution in [0.3, 0.4) is 0 Å². The molecule has 0 radical (unpaired) electrons. The van der Waals surface area contributed by atoms with Gasteiger partial charge >= 0.3 is 6.09 Å². The first kappa shape index (κ1) is 16.1. The summed E-state index contributed by atoms with van der Waals surface area (Å²) in [5, 5.41) is 6.16. The maximum Gasteiger partial charge on any atom is 0.407 e. The van der Waals surface area contributed by atoms with Gasteiger partial charge in [0, 0.05) is 26.1 Å². The molecule has 0 spiro atoms. The maximum atomic E-state index is 12.1. The van der Waals surface area contributed by atoms with Gasteiger partial charge in [0.15, 0.2) is 0 Å². The van der Waals surface area contributed by atoms with Crippen LogP contribution in [-0.2, 0) is 9.53 Å². The normalized spacial score (nSPS) is 30.4. The summed E-state index contributed by atoms with van der Waals surface area (Å²) in [6.45, 7) is 9.85. The highest BCUT2D eigenvalue weighted by molar-refractivity contribution is 5.77. The standard InChI is InChI=1S/C15H27N3O3/c1-10-5-6-13(19)18(9-10)12-8-16-7-11(12)17-14(20)21-15(2,3)4/h10-12,16H,5-9H2,1-4H3,(H,17,20)/t10-,11-,12-/m0/s1. The molecule has 2 aliphatic rings. The number of carbonyl (C=O) groups is 2. The smallest absolute Gasteiger partial charge is 0.407 e. The average Bonchev–Trinajstić information content (AvgIpc) is 2.77. The van der Waals surface area contributed by atoms with E-state index in [2.05, 4.69) is 17.6 Å². The zero-order valence-electron chi connectivity index (χ0n) is 13.4. The van der Waals surface area contributed by atoms with Gasteiger partial charge in [-0.05, 0) is 33.1 Å². The van der Waals surface area contributed by atoms with Crippen LogP contribution in [0.4, 0.5) is 4.79 Å². The minimum Gasteiger partial charge on any atom is -0.444 e. The number of ether oxygens (including phenoxy) is 1. The SMILES string of the molecule is C[C@H]1CCC(=O)N([C@H]2CNC[C@@H]2NC(=O)OC(C)(C)C)C1. The molecule has 3 atom stereocenters. The van der Waals surface area contributed by atoms with E-state index in [0.717, 1.165) is 19.5 Å². The number of rotatable bonds is 2. The number of hydrogen-bond donors (Lipinski definition) is 2. The topological polar surface area (TPSA) is 70.7 Å². The fourth-order valence-electron chi connectivity index (χ4n) is 2.96. The zero-order chi connectivity index (χ0) is 15.6. The second kappa shape index (κ2) is 6.22. The molecule has 0 bridgehead atoms. The summed E-state index contributed by atoms with van der Waals surface area (Å²) in [4.78, 5) is 26.0. The Hall–Kier alpha value is -1.30. The van der Waals surface area contributed by atoms with E-state index in [1.165, 1.54) is 0 Å². The van der Waals surface area contributed by atoms with Gasteiger partial charge in [-0.3, -0.25) is 4.79 Å². The monoisotopic (exact) mass is 297 g/mol. The first-order valence-corrected chi connectivity index (χ1v) is 7.76. The minimum atomic E-state index is -0.513. The molecule has 2 N–H and O–H groups in total. The molecular weight excluding hydrogens is 270 g/mol. The van der Waals surface area contributed by atoms with Gasteiger partial charge in [0.2, 0.25) is 5.91 Å². The molecule has 0 saturated carbocycles. The van der Waals surface area contributed by atoms with Gasteiger partial charge in [0.25, 0.3) is 0 Å². The number of piperidine rings is 1. The summed E-state index contributed by atoms with van der Waals surface area (Å²) in [6, 6.07) is -0.0677. The van der Waals surface area contributed by atoms with Crippen LogP contribution >= 0.6 is 0 Å². The summed E-state index contributed by atoms with van der Waals surface area (Å²) in [5.41, 5.74) is -0.513. The Morgan fingerprint density at radius 2 is 2.10 bits per heavy atom. The van der Waals surface area contributed by atoms with Crippen molar-refractivity contribution in [2.75, 3.05) is 19.6 Å². The average molecular weight is 297 g/mol. The minimum absolute atomic E-state index is 0.0211. The predicted octanol–water partition coefficient (Wildman–Crippen LogP) is 1.11. The largest absolute Gasteiger partial charge is 0.444 e. The van der Waals surface area contributed by atoms with Crippen LogP contribution in [0.2, 0.25) is 0 Å². The molecule has 6 nitrogen and oxygen atoms in total. The lowest BCUT2D eigenvalue weighted by Gasteiger charge is -2.38. The van der Waals surface area contributed by atoms with Crippen molar-refractivity contribution in [2.24, 2.45) is 5.92 Å². The third kappa shape index (κ3) is 4.33. The number of alkyl carbamates (subject to hydrolysis) is 1. The van der Waals surface area contributed by atoms with Gasteiger partial charge in [0.05, 0.1) is 12.1 Å². The van der Waals surface area contributed by atoms with Gasteiger partial charge in [0.1, 0.15) is 5.60 Å². The number of nitrogens with zero attached hydrogens (tertiary/aromatic N) is 1. The van der Waals surface area contributed by atoms with Crippen LogP contribution in [0.25, 0.3) is 0 Å². The van der Waals surface area contributed by atoms with E-state index < -0.39 is 11.7 Å². The highest BCUT2D eigenvalue weighted by Gasteiger charge is 2.38.